The van der Waals surface area contributed by atoms with Gasteiger partial charge in [-0.15, -0.1) is 0 Å². The molecule has 1 aliphatic rings. The molecule has 176 valence electrons. The summed E-state index contributed by atoms with van der Waals surface area (Å²) in [6.45, 7) is 6.47. The first-order valence-corrected chi connectivity index (χ1v) is 11.8. The third-order valence-electron chi connectivity index (χ3n) is 6.32. The summed E-state index contributed by atoms with van der Waals surface area (Å²) >= 11 is 0. The molecule has 0 saturated carbocycles. The molecule has 0 unspecified atom stereocenters. The van der Waals surface area contributed by atoms with Gasteiger partial charge in [0.25, 0.3) is 6.01 Å². The quantitative estimate of drug-likeness (QED) is 0.425. The van der Waals surface area contributed by atoms with Crippen molar-refractivity contribution in [3.8, 4) is 6.01 Å². The van der Waals surface area contributed by atoms with Crippen molar-refractivity contribution in [3.63, 3.8) is 0 Å². The molecule has 0 aliphatic carbocycles. The summed E-state index contributed by atoms with van der Waals surface area (Å²) in [5, 5.41) is 3.27. The number of nitrogens with one attached hydrogen (secondary N) is 1. The fourth-order valence-electron chi connectivity index (χ4n) is 4.51. The summed E-state index contributed by atoms with van der Waals surface area (Å²) in [5.41, 5.74) is 2.92. The molecule has 0 spiro atoms. The van der Waals surface area contributed by atoms with Gasteiger partial charge >= 0.3 is 0 Å². The summed E-state index contributed by atoms with van der Waals surface area (Å²) in [7, 11) is 0. The van der Waals surface area contributed by atoms with Crippen LogP contribution in [-0.4, -0.2) is 56.7 Å². The number of imidazole rings is 1. The second-order valence-corrected chi connectivity index (χ2v) is 8.82. The molecule has 2 aromatic carbocycles. The van der Waals surface area contributed by atoms with Crippen LogP contribution in [-0.2, 0) is 6.54 Å². The Hall–Kier alpha value is -3.52. The zero-order valence-electron chi connectivity index (χ0n) is 19.3. The van der Waals surface area contributed by atoms with Crippen LogP contribution in [0.4, 0.5) is 10.3 Å². The minimum absolute atomic E-state index is 0.0884. The molecule has 4 aromatic rings. The third-order valence-corrected chi connectivity index (χ3v) is 6.32. The van der Waals surface area contributed by atoms with Crippen molar-refractivity contribution in [2.24, 2.45) is 5.92 Å². The molecule has 2 aromatic heterocycles. The van der Waals surface area contributed by atoms with Crippen LogP contribution in [0.5, 0.6) is 6.01 Å². The van der Waals surface area contributed by atoms with Gasteiger partial charge in [-0.1, -0.05) is 31.2 Å². The third kappa shape index (κ3) is 5.17. The van der Waals surface area contributed by atoms with E-state index in [9.17, 15) is 4.39 Å². The van der Waals surface area contributed by atoms with Crippen LogP contribution in [0.3, 0.4) is 0 Å². The molecule has 0 amide bonds. The van der Waals surface area contributed by atoms with Gasteiger partial charge in [0, 0.05) is 44.5 Å². The number of rotatable bonds is 8. The lowest BCUT2D eigenvalue weighted by Gasteiger charge is -2.36. The molecular formula is C26H29FN6O. The maximum Gasteiger partial charge on any atom is 0.297 e. The number of fused-ring (bicyclic) bond motifs is 1. The van der Waals surface area contributed by atoms with Gasteiger partial charge in [-0.2, -0.15) is 4.98 Å². The van der Waals surface area contributed by atoms with E-state index in [4.69, 9.17) is 9.72 Å². The van der Waals surface area contributed by atoms with Crippen LogP contribution in [0.15, 0.2) is 67.0 Å². The molecule has 34 heavy (non-hydrogen) atoms. The van der Waals surface area contributed by atoms with Crippen molar-refractivity contribution in [1.82, 2.24) is 24.4 Å². The number of nitrogens with zero attached hydrogens (tertiary/aromatic N) is 5. The van der Waals surface area contributed by atoms with Gasteiger partial charge in [0.05, 0.1) is 17.6 Å². The maximum atomic E-state index is 13.4. The van der Waals surface area contributed by atoms with E-state index in [2.05, 4.69) is 31.7 Å². The lowest BCUT2D eigenvalue weighted by atomic mass is 9.96. The molecule has 1 saturated heterocycles. The Morgan fingerprint density at radius 3 is 2.65 bits per heavy atom. The fraction of sp³-hybridized carbons (Fsp3) is 0.346. The van der Waals surface area contributed by atoms with Crippen LogP contribution < -0.4 is 10.1 Å². The van der Waals surface area contributed by atoms with Gasteiger partial charge in [-0.25, -0.2) is 14.4 Å². The van der Waals surface area contributed by atoms with E-state index in [0.29, 0.717) is 24.4 Å². The van der Waals surface area contributed by atoms with Crippen LogP contribution >= 0.6 is 0 Å². The zero-order chi connectivity index (χ0) is 23.3. The number of benzene rings is 2. The van der Waals surface area contributed by atoms with Crippen molar-refractivity contribution in [3.05, 3.63) is 78.4 Å². The summed E-state index contributed by atoms with van der Waals surface area (Å²) in [4.78, 5) is 15.6. The van der Waals surface area contributed by atoms with Gasteiger partial charge < -0.3 is 15.0 Å². The first kappa shape index (κ1) is 22.3. The van der Waals surface area contributed by atoms with E-state index >= 15 is 0 Å². The number of hydrogen-bond acceptors (Lipinski definition) is 6. The van der Waals surface area contributed by atoms with E-state index in [1.165, 1.54) is 12.1 Å². The Bertz CT molecular complexity index is 1210. The molecule has 7 nitrogen and oxygen atoms in total. The molecule has 8 heteroatoms. The Kier molecular flexibility index (Phi) is 6.67. The molecule has 0 bridgehead atoms. The highest BCUT2D eigenvalue weighted by molar-refractivity contribution is 5.76. The predicted octanol–water partition coefficient (Wildman–Crippen LogP) is 4.22. The highest BCUT2D eigenvalue weighted by atomic mass is 19.1. The molecular weight excluding hydrogens is 431 g/mol. The summed E-state index contributed by atoms with van der Waals surface area (Å²) in [6.07, 6.45) is 4.50. The number of anilines is 1. The molecule has 0 radical (unpaired) electrons. The first-order chi connectivity index (χ1) is 16.7. The summed E-state index contributed by atoms with van der Waals surface area (Å²) in [5.74, 6) is 0.789. The van der Waals surface area contributed by atoms with Gasteiger partial charge in [-0.05, 0) is 42.3 Å². The van der Waals surface area contributed by atoms with E-state index in [1.54, 1.807) is 12.4 Å². The van der Waals surface area contributed by atoms with Crippen molar-refractivity contribution >= 4 is 17.0 Å². The van der Waals surface area contributed by atoms with E-state index < -0.39 is 0 Å². The van der Waals surface area contributed by atoms with Gasteiger partial charge in [0.1, 0.15) is 11.9 Å². The van der Waals surface area contributed by atoms with Crippen LogP contribution in [0, 0.1) is 11.7 Å². The Balaban J connectivity index is 1.24. The van der Waals surface area contributed by atoms with Gasteiger partial charge in [0.15, 0.2) is 0 Å². The highest BCUT2D eigenvalue weighted by Crippen LogP contribution is 2.27. The van der Waals surface area contributed by atoms with Crippen molar-refractivity contribution < 1.29 is 9.13 Å². The molecule has 1 N–H and O–H groups in total. The Labute approximate surface area is 198 Å². The summed E-state index contributed by atoms with van der Waals surface area (Å²) in [6, 6.07) is 17.1. The first-order valence-electron chi connectivity index (χ1n) is 11.8. The molecule has 1 aliphatic heterocycles. The highest BCUT2D eigenvalue weighted by Gasteiger charge is 2.29. The second-order valence-electron chi connectivity index (χ2n) is 8.82. The van der Waals surface area contributed by atoms with E-state index in [-0.39, 0.29) is 11.9 Å². The SMILES string of the molecule is C[C@H]1CN(CCNc2ncccn2)CC[C@H]1Oc1nc2ccccc2n1Cc1ccc(F)cc1. The topological polar surface area (TPSA) is 68.1 Å². The number of piperidine rings is 1. The maximum absolute atomic E-state index is 13.4. The molecule has 5 rings (SSSR count). The van der Waals surface area contributed by atoms with E-state index in [1.807, 2.05) is 42.5 Å². The Morgan fingerprint density at radius 1 is 1.06 bits per heavy atom. The molecule has 3 heterocycles. The fourth-order valence-corrected chi connectivity index (χ4v) is 4.51. The average Bonchev–Trinajstić information content (AvgIpc) is 3.20. The van der Waals surface area contributed by atoms with Gasteiger partial charge in [-0.3, -0.25) is 4.57 Å². The van der Waals surface area contributed by atoms with E-state index in [0.717, 1.165) is 49.2 Å². The lowest BCUT2D eigenvalue weighted by Crippen LogP contribution is -2.46. The number of hydrogen-bond donors (Lipinski definition) is 1. The largest absolute Gasteiger partial charge is 0.461 e. The lowest BCUT2D eigenvalue weighted by molar-refractivity contribution is 0.0457. The van der Waals surface area contributed by atoms with Crippen molar-refractivity contribution in [1.29, 1.82) is 0 Å². The minimum Gasteiger partial charge on any atom is -0.461 e. The number of ether oxygens (including phenoxy) is 1. The van der Waals surface area contributed by atoms with Crippen LogP contribution in [0.1, 0.15) is 18.9 Å². The summed E-state index contributed by atoms with van der Waals surface area (Å²) < 4.78 is 22.0. The Morgan fingerprint density at radius 2 is 1.85 bits per heavy atom. The van der Waals surface area contributed by atoms with Crippen molar-refractivity contribution in [2.45, 2.75) is 26.0 Å². The number of likely N-dealkylation sites (tertiary alicyclic amines) is 1. The number of halogens is 1. The standard InChI is InChI=1S/C26H29FN6O/c1-19-17-32(16-14-30-25-28-12-4-13-29-25)15-11-24(19)34-26-31-22-5-2-3-6-23(22)33(26)18-20-7-9-21(27)10-8-20/h2-10,12-13,19,24H,11,14-18H2,1H3,(H,28,29,30)/t19-,24+/m0/s1. The predicted molar refractivity (Wildman–Crippen MR) is 130 cm³/mol. The monoisotopic (exact) mass is 460 g/mol. The van der Waals surface area contributed by atoms with Crippen LogP contribution in [0.2, 0.25) is 0 Å². The van der Waals surface area contributed by atoms with Crippen LogP contribution in [0.25, 0.3) is 11.0 Å². The van der Waals surface area contributed by atoms with Gasteiger partial charge in [0.2, 0.25) is 5.95 Å². The number of para-hydroxylation sites is 2. The molecule has 1 fully saturated rings. The smallest absolute Gasteiger partial charge is 0.297 e. The van der Waals surface area contributed by atoms with Crippen molar-refractivity contribution in [2.75, 3.05) is 31.5 Å². The minimum atomic E-state index is -0.234. The second kappa shape index (κ2) is 10.2. The normalized spacial score (nSPS) is 18.8. The molecule has 2 atom stereocenters. The average molecular weight is 461 g/mol. The number of aromatic nitrogens is 4. The zero-order valence-corrected chi connectivity index (χ0v) is 19.3.